The van der Waals surface area contributed by atoms with Crippen LogP contribution >= 0.6 is 23.5 Å². The zero-order chi connectivity index (χ0) is 14.8. The van der Waals surface area contributed by atoms with Gasteiger partial charge < -0.3 is 4.74 Å². The first kappa shape index (κ1) is 14.5. The molecule has 0 amide bonds. The summed E-state index contributed by atoms with van der Waals surface area (Å²) >= 11 is 3.62. The van der Waals surface area contributed by atoms with E-state index in [1.54, 1.807) is 0 Å². The van der Waals surface area contributed by atoms with Crippen LogP contribution in [-0.4, -0.2) is 12.6 Å². The van der Waals surface area contributed by atoms with Crippen molar-refractivity contribution >= 4 is 29.5 Å². The molecule has 3 rings (SSSR count). The maximum absolute atomic E-state index is 10.9. The van der Waals surface area contributed by atoms with Gasteiger partial charge in [-0.2, -0.15) is 0 Å². The van der Waals surface area contributed by atoms with Crippen LogP contribution in [0.25, 0.3) is 0 Å². The molecular weight excluding hydrogens is 300 g/mol. The predicted molar refractivity (Wildman–Crippen MR) is 86.2 cm³/mol. The summed E-state index contributed by atoms with van der Waals surface area (Å²) in [5.74, 6) is -0.0133. The highest BCUT2D eigenvalue weighted by molar-refractivity contribution is 8.05. The first-order valence-electron chi connectivity index (χ1n) is 6.85. The number of esters is 1. The van der Waals surface area contributed by atoms with Gasteiger partial charge in [-0.3, -0.25) is 4.79 Å². The Kier molecular flexibility index (Phi) is 4.27. The monoisotopic (exact) mass is 316 g/mol. The van der Waals surface area contributed by atoms with E-state index in [1.807, 2.05) is 23.5 Å². The molecule has 0 aromatic heterocycles. The summed E-state index contributed by atoms with van der Waals surface area (Å²) in [7, 11) is 0. The molecule has 21 heavy (non-hydrogen) atoms. The lowest BCUT2D eigenvalue weighted by molar-refractivity contribution is -0.141. The lowest BCUT2D eigenvalue weighted by Gasteiger charge is -2.20. The zero-order valence-corrected chi connectivity index (χ0v) is 13.6. The third-order valence-electron chi connectivity index (χ3n) is 3.36. The van der Waals surface area contributed by atoms with Crippen molar-refractivity contribution in [3.8, 4) is 0 Å². The number of benzene rings is 2. The number of fused-ring (bicyclic) bond motifs is 2. The Hall–Kier alpha value is -1.39. The highest BCUT2D eigenvalue weighted by Crippen LogP contribution is 2.48. The fourth-order valence-corrected chi connectivity index (χ4v) is 4.45. The van der Waals surface area contributed by atoms with Gasteiger partial charge in [0.1, 0.15) is 0 Å². The summed E-state index contributed by atoms with van der Waals surface area (Å²) < 4.78 is 5.11. The van der Waals surface area contributed by atoms with Crippen LogP contribution in [0.5, 0.6) is 0 Å². The molecule has 0 radical (unpaired) electrons. The Balaban J connectivity index is 1.81. The van der Waals surface area contributed by atoms with Crippen LogP contribution < -0.4 is 0 Å². The molecule has 0 saturated heterocycles. The normalized spacial score (nSPS) is 14.0. The molecular formula is C17H16O2S2. The number of ether oxygens (including phenoxy) is 1. The molecule has 0 N–H and O–H groups in total. The van der Waals surface area contributed by atoms with Gasteiger partial charge in [0.15, 0.2) is 0 Å². The second kappa shape index (κ2) is 6.16. The first-order chi connectivity index (χ1) is 10.1. The van der Waals surface area contributed by atoms with Gasteiger partial charge in [0.05, 0.1) is 6.61 Å². The SMILES string of the molecule is CC(=O)OCC(C)c1ccc2c(c1)Sc1ccccc1S2. The molecule has 2 aromatic rings. The van der Waals surface area contributed by atoms with Gasteiger partial charge in [-0.05, 0) is 29.8 Å². The van der Waals surface area contributed by atoms with E-state index in [1.165, 1.54) is 32.1 Å². The van der Waals surface area contributed by atoms with Gasteiger partial charge in [-0.1, -0.05) is 48.6 Å². The van der Waals surface area contributed by atoms with Gasteiger partial charge in [-0.15, -0.1) is 0 Å². The lowest BCUT2D eigenvalue weighted by Crippen LogP contribution is -2.08. The van der Waals surface area contributed by atoms with Crippen molar-refractivity contribution in [2.24, 2.45) is 0 Å². The second-order valence-corrected chi connectivity index (χ2v) is 7.23. The van der Waals surface area contributed by atoms with Gasteiger partial charge in [0.2, 0.25) is 0 Å². The smallest absolute Gasteiger partial charge is 0.302 e. The summed E-state index contributed by atoms with van der Waals surface area (Å²) in [5, 5.41) is 0. The zero-order valence-electron chi connectivity index (χ0n) is 12.0. The standard InChI is InChI=1S/C17H16O2S2/c1-11(10-19-12(2)18)13-7-8-16-17(9-13)21-15-6-4-3-5-14(15)20-16/h3-9,11H,10H2,1-2H3. The molecule has 0 fully saturated rings. The van der Waals surface area contributed by atoms with Crippen molar-refractivity contribution < 1.29 is 9.53 Å². The van der Waals surface area contributed by atoms with E-state index in [0.717, 1.165) is 0 Å². The molecule has 108 valence electrons. The van der Waals surface area contributed by atoms with Crippen LogP contribution in [0.1, 0.15) is 25.3 Å². The number of carbonyl (C=O) groups is 1. The molecule has 1 unspecified atom stereocenters. The Morgan fingerprint density at radius 1 is 1.05 bits per heavy atom. The maximum Gasteiger partial charge on any atom is 0.302 e. The fourth-order valence-electron chi connectivity index (χ4n) is 2.19. The molecule has 4 heteroatoms. The molecule has 1 aliphatic heterocycles. The average Bonchev–Trinajstić information content (AvgIpc) is 2.50. The third-order valence-corrected chi connectivity index (χ3v) is 5.91. The molecule has 2 aromatic carbocycles. The topological polar surface area (TPSA) is 26.3 Å². The average molecular weight is 316 g/mol. The molecule has 0 spiro atoms. The van der Waals surface area contributed by atoms with E-state index >= 15 is 0 Å². The van der Waals surface area contributed by atoms with Crippen molar-refractivity contribution in [3.63, 3.8) is 0 Å². The van der Waals surface area contributed by atoms with Crippen molar-refractivity contribution in [1.82, 2.24) is 0 Å². The van der Waals surface area contributed by atoms with Crippen molar-refractivity contribution in [2.45, 2.75) is 39.3 Å². The number of hydrogen-bond donors (Lipinski definition) is 0. The minimum Gasteiger partial charge on any atom is -0.465 e. The van der Waals surface area contributed by atoms with Gasteiger partial charge >= 0.3 is 5.97 Å². The number of carbonyl (C=O) groups excluding carboxylic acids is 1. The molecule has 1 atom stereocenters. The van der Waals surface area contributed by atoms with Crippen LogP contribution in [0, 0.1) is 0 Å². The summed E-state index contributed by atoms with van der Waals surface area (Å²) in [6.07, 6.45) is 0. The van der Waals surface area contributed by atoms with E-state index in [4.69, 9.17) is 4.74 Å². The van der Waals surface area contributed by atoms with Crippen molar-refractivity contribution in [3.05, 3.63) is 48.0 Å². The predicted octanol–water partition coefficient (Wildman–Crippen LogP) is 4.97. The highest BCUT2D eigenvalue weighted by Gasteiger charge is 2.18. The molecule has 0 aliphatic carbocycles. The molecule has 2 nitrogen and oxygen atoms in total. The van der Waals surface area contributed by atoms with Gasteiger partial charge in [-0.25, -0.2) is 0 Å². The van der Waals surface area contributed by atoms with E-state index in [2.05, 4.69) is 49.4 Å². The van der Waals surface area contributed by atoms with Gasteiger partial charge in [0.25, 0.3) is 0 Å². The first-order valence-corrected chi connectivity index (χ1v) is 8.49. The lowest BCUT2D eigenvalue weighted by atomic mass is 10.0. The van der Waals surface area contributed by atoms with E-state index in [-0.39, 0.29) is 11.9 Å². The highest BCUT2D eigenvalue weighted by atomic mass is 32.2. The second-order valence-electron chi connectivity index (χ2n) is 5.06. The van der Waals surface area contributed by atoms with Gasteiger partial charge in [0, 0.05) is 32.4 Å². The van der Waals surface area contributed by atoms with Crippen LogP contribution in [0.15, 0.2) is 62.0 Å². The van der Waals surface area contributed by atoms with Crippen LogP contribution in [0.3, 0.4) is 0 Å². The number of rotatable bonds is 3. The van der Waals surface area contributed by atoms with Crippen molar-refractivity contribution in [2.75, 3.05) is 6.61 Å². The van der Waals surface area contributed by atoms with Crippen molar-refractivity contribution in [1.29, 1.82) is 0 Å². The minimum atomic E-state index is -0.223. The largest absolute Gasteiger partial charge is 0.465 e. The third kappa shape index (κ3) is 3.27. The summed E-state index contributed by atoms with van der Waals surface area (Å²) in [6.45, 7) is 3.96. The van der Waals surface area contributed by atoms with E-state index < -0.39 is 0 Å². The molecule has 1 heterocycles. The molecule has 1 aliphatic rings. The van der Waals surface area contributed by atoms with E-state index in [9.17, 15) is 4.79 Å². The maximum atomic E-state index is 10.9. The Morgan fingerprint density at radius 3 is 2.33 bits per heavy atom. The summed E-state index contributed by atoms with van der Waals surface area (Å²) in [4.78, 5) is 16.1. The van der Waals surface area contributed by atoms with Crippen LogP contribution in [0.4, 0.5) is 0 Å². The fraction of sp³-hybridized carbons (Fsp3) is 0.235. The van der Waals surface area contributed by atoms with E-state index in [0.29, 0.717) is 6.61 Å². The molecule has 0 saturated carbocycles. The van der Waals surface area contributed by atoms with Crippen LogP contribution in [-0.2, 0) is 9.53 Å². The molecule has 0 bridgehead atoms. The Bertz CT molecular complexity index is 682. The quantitative estimate of drug-likeness (QED) is 0.637. The summed E-state index contributed by atoms with van der Waals surface area (Å²) in [6, 6.07) is 15.0. The Labute approximate surface area is 133 Å². The summed E-state index contributed by atoms with van der Waals surface area (Å²) in [5.41, 5.74) is 1.21. The van der Waals surface area contributed by atoms with Crippen LogP contribution in [0.2, 0.25) is 0 Å². The Morgan fingerprint density at radius 2 is 1.67 bits per heavy atom. The minimum absolute atomic E-state index is 0.210. The number of hydrogen-bond acceptors (Lipinski definition) is 4.